The first-order valence-corrected chi connectivity index (χ1v) is 6.91. The van der Waals surface area contributed by atoms with E-state index >= 15 is 0 Å². The molecule has 5 heteroatoms. The molecule has 2 aromatic rings. The monoisotopic (exact) mass is 260 g/mol. The van der Waals surface area contributed by atoms with Crippen molar-refractivity contribution in [1.29, 1.82) is 5.26 Å². The van der Waals surface area contributed by atoms with E-state index in [4.69, 9.17) is 5.26 Å². The van der Waals surface area contributed by atoms with Crippen LogP contribution >= 0.6 is 11.3 Å². The first-order chi connectivity index (χ1) is 8.85. The van der Waals surface area contributed by atoms with E-state index in [-0.39, 0.29) is 6.04 Å². The van der Waals surface area contributed by atoms with Crippen LogP contribution in [0.15, 0.2) is 29.9 Å². The molecule has 4 nitrogen and oxygen atoms in total. The fourth-order valence-corrected chi connectivity index (χ4v) is 2.49. The average Bonchev–Trinajstić information content (AvgIpc) is 3.04. The molecule has 1 N–H and O–H groups in total. The maximum Gasteiger partial charge on any atom is 0.150 e. The van der Waals surface area contributed by atoms with Gasteiger partial charge in [-0.05, 0) is 24.4 Å². The summed E-state index contributed by atoms with van der Waals surface area (Å²) in [5.74, 6) is 0.934. The Labute approximate surface area is 111 Å². The molecule has 0 aliphatic rings. The Bertz CT molecular complexity index is 509. The van der Waals surface area contributed by atoms with Crippen molar-refractivity contribution in [3.63, 3.8) is 0 Å². The van der Waals surface area contributed by atoms with Crippen molar-refractivity contribution in [3.05, 3.63) is 29.9 Å². The first-order valence-electron chi connectivity index (χ1n) is 6.03. The smallest absolute Gasteiger partial charge is 0.150 e. The summed E-state index contributed by atoms with van der Waals surface area (Å²) in [4.78, 5) is 5.49. The third kappa shape index (κ3) is 2.97. The number of rotatable bonds is 6. The summed E-state index contributed by atoms with van der Waals surface area (Å²) in [5.41, 5.74) is 0. The standard InChI is InChI=1S/C13H16N4S/c1-2-5-15-11(9-14)10-17-7-6-16-13(17)12-4-3-8-18-12/h3-4,6-8,11,15H,2,5,10H2,1H3. The van der Waals surface area contributed by atoms with Gasteiger partial charge in [0.15, 0.2) is 0 Å². The minimum atomic E-state index is -0.169. The highest BCUT2D eigenvalue weighted by molar-refractivity contribution is 7.13. The lowest BCUT2D eigenvalue weighted by Gasteiger charge is -2.13. The van der Waals surface area contributed by atoms with Gasteiger partial charge in [-0.1, -0.05) is 13.0 Å². The molecular weight excluding hydrogens is 244 g/mol. The van der Waals surface area contributed by atoms with Gasteiger partial charge < -0.3 is 9.88 Å². The number of thiophene rings is 1. The van der Waals surface area contributed by atoms with Crippen LogP contribution < -0.4 is 5.32 Å². The van der Waals surface area contributed by atoms with Crippen molar-refractivity contribution >= 4 is 11.3 Å². The quantitative estimate of drug-likeness (QED) is 0.868. The molecule has 1 unspecified atom stereocenters. The van der Waals surface area contributed by atoms with Crippen LogP contribution in [0.2, 0.25) is 0 Å². The molecule has 0 saturated carbocycles. The molecule has 2 heterocycles. The van der Waals surface area contributed by atoms with Crippen LogP contribution in [0.4, 0.5) is 0 Å². The molecule has 0 spiro atoms. The van der Waals surface area contributed by atoms with E-state index in [1.807, 2.05) is 28.3 Å². The number of hydrogen-bond donors (Lipinski definition) is 1. The number of nitrogens with one attached hydrogen (secondary N) is 1. The molecule has 1 atom stereocenters. The lowest BCUT2D eigenvalue weighted by Crippen LogP contribution is -2.32. The molecule has 0 radical (unpaired) electrons. The third-order valence-electron chi connectivity index (χ3n) is 2.63. The summed E-state index contributed by atoms with van der Waals surface area (Å²) < 4.78 is 2.03. The highest BCUT2D eigenvalue weighted by Gasteiger charge is 2.11. The number of nitrogens with zero attached hydrogens (tertiary/aromatic N) is 3. The predicted octanol–water partition coefficient (Wildman–Crippen LogP) is 2.50. The van der Waals surface area contributed by atoms with E-state index in [1.165, 1.54) is 0 Å². The van der Waals surface area contributed by atoms with E-state index in [2.05, 4.69) is 23.3 Å². The van der Waals surface area contributed by atoms with Gasteiger partial charge in [0.25, 0.3) is 0 Å². The fraction of sp³-hybridized carbons (Fsp3) is 0.385. The molecule has 0 fully saturated rings. The normalized spacial score (nSPS) is 12.2. The van der Waals surface area contributed by atoms with Crippen LogP contribution in [0, 0.1) is 11.3 Å². The van der Waals surface area contributed by atoms with E-state index in [0.29, 0.717) is 6.54 Å². The minimum absolute atomic E-state index is 0.169. The summed E-state index contributed by atoms with van der Waals surface area (Å²) >= 11 is 1.66. The van der Waals surface area contributed by atoms with E-state index < -0.39 is 0 Å². The lowest BCUT2D eigenvalue weighted by molar-refractivity contribution is 0.524. The zero-order chi connectivity index (χ0) is 12.8. The first kappa shape index (κ1) is 12.8. The molecule has 0 aliphatic heterocycles. The average molecular weight is 260 g/mol. The molecular formula is C13H16N4S. The summed E-state index contributed by atoms with van der Waals surface area (Å²) in [6.07, 6.45) is 4.73. The van der Waals surface area contributed by atoms with Crippen LogP contribution in [0.1, 0.15) is 13.3 Å². The van der Waals surface area contributed by atoms with Crippen LogP contribution in [0.5, 0.6) is 0 Å². The van der Waals surface area contributed by atoms with Crippen molar-refractivity contribution in [3.8, 4) is 16.8 Å². The van der Waals surface area contributed by atoms with E-state index in [9.17, 15) is 0 Å². The summed E-state index contributed by atoms with van der Waals surface area (Å²) in [5, 5.41) is 14.4. The van der Waals surface area contributed by atoms with Gasteiger partial charge in [0, 0.05) is 12.4 Å². The molecule has 0 saturated heterocycles. The molecule has 2 rings (SSSR count). The lowest BCUT2D eigenvalue weighted by atomic mass is 10.3. The molecule has 18 heavy (non-hydrogen) atoms. The van der Waals surface area contributed by atoms with Crippen molar-refractivity contribution in [2.24, 2.45) is 0 Å². The molecule has 2 aromatic heterocycles. The topological polar surface area (TPSA) is 53.6 Å². The Kier molecular flexibility index (Phi) is 4.51. The van der Waals surface area contributed by atoms with Crippen LogP contribution in [0.25, 0.3) is 10.7 Å². The van der Waals surface area contributed by atoms with Gasteiger partial charge in [-0.15, -0.1) is 11.3 Å². The summed E-state index contributed by atoms with van der Waals surface area (Å²) in [6, 6.07) is 6.18. The second-order valence-corrected chi connectivity index (χ2v) is 4.96. The summed E-state index contributed by atoms with van der Waals surface area (Å²) in [7, 11) is 0. The van der Waals surface area contributed by atoms with Gasteiger partial charge in [-0.25, -0.2) is 4.98 Å². The van der Waals surface area contributed by atoms with E-state index in [0.717, 1.165) is 23.7 Å². The molecule has 0 bridgehead atoms. The van der Waals surface area contributed by atoms with E-state index in [1.54, 1.807) is 17.5 Å². The van der Waals surface area contributed by atoms with Gasteiger partial charge in [-0.3, -0.25) is 0 Å². The largest absolute Gasteiger partial charge is 0.328 e. The van der Waals surface area contributed by atoms with Gasteiger partial charge in [0.05, 0.1) is 17.5 Å². The van der Waals surface area contributed by atoms with Gasteiger partial charge >= 0.3 is 0 Å². The molecule has 0 amide bonds. The van der Waals surface area contributed by atoms with Crippen LogP contribution in [-0.4, -0.2) is 22.1 Å². The number of imidazole rings is 1. The highest BCUT2D eigenvalue weighted by atomic mass is 32.1. The molecule has 0 aromatic carbocycles. The maximum atomic E-state index is 9.13. The van der Waals surface area contributed by atoms with Crippen molar-refractivity contribution in [2.75, 3.05) is 6.54 Å². The van der Waals surface area contributed by atoms with Crippen molar-refractivity contribution < 1.29 is 0 Å². The Morgan fingerprint density at radius 3 is 3.17 bits per heavy atom. The zero-order valence-electron chi connectivity index (χ0n) is 10.3. The predicted molar refractivity (Wildman–Crippen MR) is 73.2 cm³/mol. The number of nitriles is 1. The number of hydrogen-bond acceptors (Lipinski definition) is 4. The van der Waals surface area contributed by atoms with Crippen LogP contribution in [-0.2, 0) is 6.54 Å². The second kappa shape index (κ2) is 6.34. The summed E-state index contributed by atoms with van der Waals surface area (Å²) in [6.45, 7) is 3.58. The number of aromatic nitrogens is 2. The maximum absolute atomic E-state index is 9.13. The SMILES string of the molecule is CCCNC(C#N)Cn1ccnc1-c1cccs1. The molecule has 94 valence electrons. The van der Waals surface area contributed by atoms with Crippen LogP contribution in [0.3, 0.4) is 0 Å². The molecule has 0 aliphatic carbocycles. The zero-order valence-corrected chi connectivity index (χ0v) is 11.2. The van der Waals surface area contributed by atoms with Gasteiger partial charge in [-0.2, -0.15) is 5.26 Å². The third-order valence-corrected chi connectivity index (χ3v) is 3.50. The fourth-order valence-electron chi connectivity index (χ4n) is 1.75. The Morgan fingerprint density at radius 2 is 2.50 bits per heavy atom. The highest BCUT2D eigenvalue weighted by Crippen LogP contribution is 2.22. The van der Waals surface area contributed by atoms with Gasteiger partial charge in [0.2, 0.25) is 0 Å². The minimum Gasteiger partial charge on any atom is -0.328 e. The Balaban J connectivity index is 2.10. The van der Waals surface area contributed by atoms with Gasteiger partial charge in [0.1, 0.15) is 11.9 Å². The Morgan fingerprint density at radius 1 is 1.61 bits per heavy atom. The Hall–Kier alpha value is -1.64. The van der Waals surface area contributed by atoms with Crippen molar-refractivity contribution in [2.45, 2.75) is 25.9 Å². The second-order valence-electron chi connectivity index (χ2n) is 4.02. The van der Waals surface area contributed by atoms with Crippen molar-refractivity contribution in [1.82, 2.24) is 14.9 Å².